The summed E-state index contributed by atoms with van der Waals surface area (Å²) >= 11 is 0. The van der Waals surface area contributed by atoms with E-state index in [4.69, 9.17) is 0 Å². The molecule has 1 N–H and O–H groups in total. The lowest BCUT2D eigenvalue weighted by Gasteiger charge is -2.12. The minimum atomic E-state index is -0.924. The number of hydrogen-bond donors (Lipinski definition) is 1. The minimum absolute atomic E-state index is 0.0788. The predicted octanol–water partition coefficient (Wildman–Crippen LogP) is 3.88. The number of rotatable bonds is 3. The second kappa shape index (κ2) is 5.22. The van der Waals surface area contributed by atoms with E-state index < -0.39 is 5.97 Å². The van der Waals surface area contributed by atoms with Gasteiger partial charge in [-0.25, -0.2) is 4.79 Å². The number of carboxylic acids is 1. The average molecular weight is 255 g/mol. The second-order valence-corrected chi connectivity index (χ2v) is 4.90. The lowest BCUT2D eigenvalue weighted by molar-refractivity contribution is 0.0694. The van der Waals surface area contributed by atoms with Crippen LogP contribution in [0, 0.1) is 6.92 Å². The molecule has 0 fully saturated rings. The van der Waals surface area contributed by atoms with Crippen LogP contribution in [-0.4, -0.2) is 16.1 Å². The highest BCUT2D eigenvalue weighted by atomic mass is 16.4. The summed E-state index contributed by atoms with van der Waals surface area (Å²) in [4.78, 5) is 15.7. The number of benzene rings is 1. The number of nitrogens with zero attached hydrogens (tertiary/aromatic N) is 1. The van der Waals surface area contributed by atoms with Gasteiger partial charge in [-0.2, -0.15) is 0 Å². The van der Waals surface area contributed by atoms with Crippen LogP contribution >= 0.6 is 0 Å². The molecule has 0 atom stereocenters. The molecule has 0 radical (unpaired) electrons. The fourth-order valence-corrected chi connectivity index (χ4v) is 2.11. The first-order valence-electron chi connectivity index (χ1n) is 6.31. The molecule has 0 aliphatic carbocycles. The largest absolute Gasteiger partial charge is 0.478 e. The molecule has 0 aliphatic heterocycles. The molecule has 1 heterocycles. The van der Waals surface area contributed by atoms with Crippen molar-refractivity contribution in [3.05, 3.63) is 53.2 Å². The summed E-state index contributed by atoms with van der Waals surface area (Å²) < 4.78 is 0. The zero-order chi connectivity index (χ0) is 14.0. The van der Waals surface area contributed by atoms with Crippen LogP contribution in [0.4, 0.5) is 0 Å². The highest BCUT2D eigenvalue weighted by Crippen LogP contribution is 2.25. The Hall–Kier alpha value is -2.16. The van der Waals surface area contributed by atoms with Gasteiger partial charge in [0.25, 0.3) is 0 Å². The maximum atomic E-state index is 11.2. The number of aromatic carboxylic acids is 1. The van der Waals surface area contributed by atoms with E-state index in [1.165, 1.54) is 0 Å². The maximum Gasteiger partial charge on any atom is 0.337 e. The Balaban J connectivity index is 2.59. The van der Waals surface area contributed by atoms with Crippen molar-refractivity contribution in [3.8, 4) is 11.3 Å². The van der Waals surface area contributed by atoms with Gasteiger partial charge in [-0.15, -0.1) is 0 Å². The van der Waals surface area contributed by atoms with Crippen LogP contribution in [0.3, 0.4) is 0 Å². The molecule has 3 heteroatoms. The van der Waals surface area contributed by atoms with Crippen LogP contribution in [-0.2, 0) is 0 Å². The van der Waals surface area contributed by atoms with E-state index in [-0.39, 0.29) is 11.5 Å². The molecule has 0 unspecified atom stereocenters. The van der Waals surface area contributed by atoms with E-state index in [0.717, 1.165) is 16.8 Å². The monoisotopic (exact) mass is 255 g/mol. The molecule has 0 saturated carbocycles. The Kier molecular flexibility index (Phi) is 3.65. The van der Waals surface area contributed by atoms with E-state index >= 15 is 0 Å². The molecule has 19 heavy (non-hydrogen) atoms. The van der Waals surface area contributed by atoms with Crippen molar-refractivity contribution in [1.29, 1.82) is 0 Å². The van der Waals surface area contributed by atoms with Gasteiger partial charge >= 0.3 is 5.97 Å². The molecule has 0 aliphatic rings. The van der Waals surface area contributed by atoms with Crippen LogP contribution in [0.1, 0.15) is 41.4 Å². The number of aryl methyl sites for hydroxylation is 1. The van der Waals surface area contributed by atoms with Crippen molar-refractivity contribution in [2.24, 2.45) is 0 Å². The third kappa shape index (κ3) is 2.65. The molecule has 1 aromatic heterocycles. The van der Waals surface area contributed by atoms with Crippen molar-refractivity contribution in [2.75, 3.05) is 0 Å². The summed E-state index contributed by atoms with van der Waals surface area (Å²) in [6.07, 6.45) is 0. The summed E-state index contributed by atoms with van der Waals surface area (Å²) in [5.41, 5.74) is 3.92. The third-order valence-corrected chi connectivity index (χ3v) is 3.12. The third-order valence-electron chi connectivity index (χ3n) is 3.12. The highest BCUT2D eigenvalue weighted by Gasteiger charge is 2.16. The fourth-order valence-electron chi connectivity index (χ4n) is 2.11. The highest BCUT2D eigenvalue weighted by molar-refractivity contribution is 5.89. The van der Waals surface area contributed by atoms with Gasteiger partial charge in [-0.3, -0.25) is 4.98 Å². The Morgan fingerprint density at radius 3 is 2.42 bits per heavy atom. The van der Waals surface area contributed by atoms with Gasteiger partial charge in [-0.05, 0) is 30.5 Å². The Morgan fingerprint density at radius 2 is 1.84 bits per heavy atom. The molecule has 2 rings (SSSR count). The topological polar surface area (TPSA) is 50.2 Å². The van der Waals surface area contributed by atoms with Crippen LogP contribution in [0.5, 0.6) is 0 Å². The van der Waals surface area contributed by atoms with Gasteiger partial charge in [0.2, 0.25) is 0 Å². The van der Waals surface area contributed by atoms with Gasteiger partial charge in [0.15, 0.2) is 0 Å². The van der Waals surface area contributed by atoms with E-state index in [9.17, 15) is 9.90 Å². The molecule has 0 amide bonds. The predicted molar refractivity (Wildman–Crippen MR) is 75.5 cm³/mol. The van der Waals surface area contributed by atoms with Crippen molar-refractivity contribution >= 4 is 5.97 Å². The quantitative estimate of drug-likeness (QED) is 0.905. The van der Waals surface area contributed by atoms with Crippen molar-refractivity contribution in [2.45, 2.75) is 26.7 Å². The normalized spacial score (nSPS) is 10.7. The number of carbonyl (C=O) groups is 1. The first-order chi connectivity index (χ1) is 9.00. The number of hydrogen-bond acceptors (Lipinski definition) is 2. The van der Waals surface area contributed by atoms with E-state index in [1.807, 2.05) is 45.0 Å². The zero-order valence-corrected chi connectivity index (χ0v) is 11.3. The summed E-state index contributed by atoms with van der Waals surface area (Å²) in [6.45, 7) is 5.93. The number of pyridine rings is 1. The zero-order valence-electron chi connectivity index (χ0n) is 11.3. The van der Waals surface area contributed by atoms with Gasteiger partial charge in [-0.1, -0.05) is 38.1 Å². The van der Waals surface area contributed by atoms with Gasteiger partial charge < -0.3 is 5.11 Å². The average Bonchev–Trinajstić information content (AvgIpc) is 2.38. The fraction of sp³-hybridized carbons (Fsp3) is 0.250. The molecule has 0 saturated heterocycles. The molecular formula is C16H17NO2. The standard InChI is InChI=1S/C16H17NO2/c1-10(2)15-13(16(18)19)8-9-14(17-15)12-7-5-4-6-11(12)3/h4-10H,1-3H3,(H,18,19). The van der Waals surface area contributed by atoms with Crippen molar-refractivity contribution in [1.82, 2.24) is 4.98 Å². The summed E-state index contributed by atoms with van der Waals surface area (Å²) in [5.74, 6) is -0.845. The number of aromatic nitrogens is 1. The summed E-state index contributed by atoms with van der Waals surface area (Å²) in [7, 11) is 0. The Bertz CT molecular complexity index is 618. The van der Waals surface area contributed by atoms with E-state index in [0.29, 0.717) is 5.69 Å². The first kappa shape index (κ1) is 13.3. The summed E-state index contributed by atoms with van der Waals surface area (Å²) in [6, 6.07) is 11.4. The molecule has 98 valence electrons. The van der Waals surface area contributed by atoms with E-state index in [2.05, 4.69) is 4.98 Å². The Morgan fingerprint density at radius 1 is 1.16 bits per heavy atom. The smallest absolute Gasteiger partial charge is 0.337 e. The van der Waals surface area contributed by atoms with Crippen LogP contribution in [0.2, 0.25) is 0 Å². The van der Waals surface area contributed by atoms with Gasteiger partial charge in [0, 0.05) is 5.56 Å². The minimum Gasteiger partial charge on any atom is -0.478 e. The lowest BCUT2D eigenvalue weighted by Crippen LogP contribution is -2.07. The second-order valence-electron chi connectivity index (χ2n) is 4.90. The first-order valence-corrected chi connectivity index (χ1v) is 6.31. The molecular weight excluding hydrogens is 238 g/mol. The van der Waals surface area contributed by atoms with Crippen LogP contribution in [0.15, 0.2) is 36.4 Å². The van der Waals surface area contributed by atoms with Crippen molar-refractivity contribution in [3.63, 3.8) is 0 Å². The molecule has 0 spiro atoms. The SMILES string of the molecule is Cc1ccccc1-c1ccc(C(=O)O)c(C(C)C)n1. The maximum absolute atomic E-state index is 11.2. The van der Waals surface area contributed by atoms with Gasteiger partial charge in [0.1, 0.15) is 0 Å². The van der Waals surface area contributed by atoms with Crippen LogP contribution in [0.25, 0.3) is 11.3 Å². The van der Waals surface area contributed by atoms with Gasteiger partial charge in [0.05, 0.1) is 17.0 Å². The molecule has 0 bridgehead atoms. The molecule has 1 aromatic carbocycles. The summed E-state index contributed by atoms with van der Waals surface area (Å²) in [5, 5.41) is 9.19. The van der Waals surface area contributed by atoms with Crippen molar-refractivity contribution < 1.29 is 9.90 Å². The molecule has 3 nitrogen and oxygen atoms in total. The van der Waals surface area contributed by atoms with Crippen LogP contribution < -0.4 is 0 Å². The molecule has 2 aromatic rings. The Labute approximate surface area is 112 Å². The lowest BCUT2D eigenvalue weighted by atomic mass is 10.00. The van der Waals surface area contributed by atoms with E-state index in [1.54, 1.807) is 12.1 Å². The number of carboxylic acid groups (broad SMARTS) is 1.